The quantitative estimate of drug-likeness (QED) is 0.662. The van der Waals surface area contributed by atoms with E-state index in [1.54, 1.807) is 20.8 Å². The highest BCUT2D eigenvalue weighted by molar-refractivity contribution is 5.71. The molecule has 118 valence electrons. The van der Waals surface area contributed by atoms with Gasteiger partial charge in [0.15, 0.2) is 0 Å². The Morgan fingerprint density at radius 3 is 2.30 bits per heavy atom. The average Bonchev–Trinajstić information content (AvgIpc) is 2.26. The molecular weight excluding hydrogens is 266 g/mol. The Kier molecular flexibility index (Phi) is 8.17. The van der Waals surface area contributed by atoms with E-state index in [2.05, 4.69) is 5.32 Å². The zero-order valence-corrected chi connectivity index (χ0v) is 12.8. The van der Waals surface area contributed by atoms with Gasteiger partial charge in [0, 0.05) is 7.11 Å². The minimum absolute atomic E-state index is 0.0324. The van der Waals surface area contributed by atoms with Crippen LogP contribution in [-0.4, -0.2) is 48.8 Å². The topological polar surface area (TPSA) is 94.1 Å². The summed E-state index contributed by atoms with van der Waals surface area (Å²) >= 11 is 0. The van der Waals surface area contributed by atoms with Gasteiger partial charge < -0.3 is 24.6 Å². The molecule has 0 spiro atoms. The zero-order chi connectivity index (χ0) is 15.8. The Hall–Kier alpha value is -1.34. The summed E-state index contributed by atoms with van der Waals surface area (Å²) in [6.07, 6.45) is -0.833. The summed E-state index contributed by atoms with van der Waals surface area (Å²) < 4.78 is 15.3. The maximum absolute atomic E-state index is 11.7. The van der Waals surface area contributed by atoms with Gasteiger partial charge in [0.25, 0.3) is 0 Å². The van der Waals surface area contributed by atoms with Gasteiger partial charge in [-0.3, -0.25) is 4.79 Å². The Bertz CT molecular complexity index is 312. The number of carbonyl (C=O) groups excluding carboxylic acids is 1. The molecule has 0 bridgehead atoms. The fourth-order valence-corrected chi connectivity index (χ4v) is 1.60. The normalized spacial score (nSPS) is 14.4. The van der Waals surface area contributed by atoms with Gasteiger partial charge in [0.2, 0.25) is 0 Å². The summed E-state index contributed by atoms with van der Waals surface area (Å²) in [7, 11) is 1.47. The minimum Gasteiger partial charge on any atom is -0.481 e. The van der Waals surface area contributed by atoms with Crippen LogP contribution in [0.5, 0.6) is 0 Å². The smallest absolute Gasteiger partial charge is 0.407 e. The van der Waals surface area contributed by atoms with E-state index >= 15 is 0 Å². The van der Waals surface area contributed by atoms with E-state index in [4.69, 9.17) is 19.3 Å². The van der Waals surface area contributed by atoms with Crippen molar-refractivity contribution >= 4 is 12.1 Å². The van der Waals surface area contributed by atoms with E-state index in [1.807, 2.05) is 6.92 Å². The van der Waals surface area contributed by atoms with Crippen LogP contribution in [0.15, 0.2) is 0 Å². The molecule has 0 heterocycles. The van der Waals surface area contributed by atoms with Crippen molar-refractivity contribution < 1.29 is 28.9 Å². The van der Waals surface area contributed by atoms with Gasteiger partial charge in [-0.05, 0) is 27.2 Å². The molecule has 2 atom stereocenters. The van der Waals surface area contributed by atoms with Crippen molar-refractivity contribution in [3.63, 3.8) is 0 Å². The van der Waals surface area contributed by atoms with Crippen LogP contribution in [0.3, 0.4) is 0 Å². The monoisotopic (exact) mass is 291 g/mol. The van der Waals surface area contributed by atoms with Crippen molar-refractivity contribution in [2.75, 3.05) is 13.9 Å². The summed E-state index contributed by atoms with van der Waals surface area (Å²) in [5, 5.41) is 11.5. The van der Waals surface area contributed by atoms with Crippen molar-refractivity contribution in [3.05, 3.63) is 0 Å². The average molecular weight is 291 g/mol. The molecule has 0 aromatic heterocycles. The van der Waals surface area contributed by atoms with Gasteiger partial charge >= 0.3 is 12.1 Å². The first-order chi connectivity index (χ1) is 9.19. The van der Waals surface area contributed by atoms with Gasteiger partial charge in [-0.25, -0.2) is 4.79 Å². The van der Waals surface area contributed by atoms with E-state index in [1.165, 1.54) is 7.11 Å². The molecule has 0 unspecified atom stereocenters. The van der Waals surface area contributed by atoms with Crippen LogP contribution in [0.25, 0.3) is 0 Å². The van der Waals surface area contributed by atoms with E-state index in [0.29, 0.717) is 6.42 Å². The Morgan fingerprint density at radius 1 is 1.30 bits per heavy atom. The number of aliphatic carboxylic acids is 1. The number of amides is 1. The standard InChI is InChI=1S/C13H25NO6/c1-6-10(19-8-18-5)9(7-11(15)16)14-12(17)20-13(2,3)4/h9-10H,6-8H2,1-5H3,(H,14,17)(H,15,16)/t9-,10+/m0/s1. The lowest BCUT2D eigenvalue weighted by atomic mass is 10.1. The molecule has 20 heavy (non-hydrogen) atoms. The van der Waals surface area contributed by atoms with E-state index < -0.39 is 29.8 Å². The zero-order valence-electron chi connectivity index (χ0n) is 12.8. The maximum Gasteiger partial charge on any atom is 0.407 e. The molecule has 0 saturated heterocycles. The largest absolute Gasteiger partial charge is 0.481 e. The lowest BCUT2D eigenvalue weighted by molar-refractivity contribution is -0.140. The molecule has 0 aliphatic heterocycles. The first kappa shape index (κ1) is 18.7. The molecule has 0 aliphatic rings. The van der Waals surface area contributed by atoms with Crippen LogP contribution in [0, 0.1) is 0 Å². The number of alkyl carbamates (subject to hydrolysis) is 1. The molecule has 7 nitrogen and oxygen atoms in total. The molecule has 0 fully saturated rings. The summed E-state index contributed by atoms with van der Waals surface area (Å²) in [5.41, 5.74) is -0.646. The number of carboxylic acids is 1. The Morgan fingerprint density at radius 2 is 1.90 bits per heavy atom. The minimum atomic E-state index is -1.02. The molecule has 0 aromatic rings. The molecule has 0 aromatic carbocycles. The summed E-state index contributed by atoms with van der Waals surface area (Å²) in [5.74, 6) is -1.02. The van der Waals surface area contributed by atoms with Crippen LogP contribution >= 0.6 is 0 Å². The van der Waals surface area contributed by atoms with Gasteiger partial charge in [-0.2, -0.15) is 0 Å². The number of rotatable bonds is 8. The number of hydrogen-bond acceptors (Lipinski definition) is 5. The van der Waals surface area contributed by atoms with Gasteiger partial charge in [-0.15, -0.1) is 0 Å². The highest BCUT2D eigenvalue weighted by Crippen LogP contribution is 2.11. The van der Waals surface area contributed by atoms with Crippen molar-refractivity contribution in [1.29, 1.82) is 0 Å². The van der Waals surface area contributed by atoms with E-state index in [-0.39, 0.29) is 13.2 Å². The van der Waals surface area contributed by atoms with Crippen molar-refractivity contribution in [2.45, 2.75) is 58.3 Å². The van der Waals surface area contributed by atoms with Gasteiger partial charge in [0.1, 0.15) is 12.4 Å². The Balaban J connectivity index is 4.68. The first-order valence-electron chi connectivity index (χ1n) is 6.51. The Labute approximate surface area is 119 Å². The number of nitrogens with one attached hydrogen (secondary N) is 1. The number of carbonyl (C=O) groups is 2. The van der Waals surface area contributed by atoms with Crippen molar-refractivity contribution in [1.82, 2.24) is 5.32 Å². The second kappa shape index (κ2) is 8.76. The first-order valence-corrected chi connectivity index (χ1v) is 6.51. The second-order valence-electron chi connectivity index (χ2n) is 5.37. The summed E-state index contributed by atoms with van der Waals surface area (Å²) in [4.78, 5) is 22.6. The van der Waals surface area contributed by atoms with Crippen LogP contribution < -0.4 is 5.32 Å². The molecular formula is C13H25NO6. The SMILES string of the molecule is CC[C@@H](OCOC)[C@H](CC(=O)O)NC(=O)OC(C)(C)C. The lowest BCUT2D eigenvalue weighted by Crippen LogP contribution is -2.47. The molecule has 0 rings (SSSR count). The number of methoxy groups -OCH3 is 1. The van der Waals surface area contributed by atoms with Crippen LogP contribution in [0.1, 0.15) is 40.5 Å². The second-order valence-corrected chi connectivity index (χ2v) is 5.37. The highest BCUT2D eigenvalue weighted by atomic mass is 16.7. The van der Waals surface area contributed by atoms with E-state index in [0.717, 1.165) is 0 Å². The summed E-state index contributed by atoms with van der Waals surface area (Å²) in [6.45, 7) is 7.07. The van der Waals surface area contributed by atoms with Crippen molar-refractivity contribution in [2.24, 2.45) is 0 Å². The predicted octanol–water partition coefficient (Wildman–Crippen LogP) is 1.75. The third kappa shape index (κ3) is 8.71. The number of ether oxygens (including phenoxy) is 3. The fraction of sp³-hybridized carbons (Fsp3) is 0.846. The molecule has 0 radical (unpaired) electrons. The third-order valence-corrected chi connectivity index (χ3v) is 2.35. The number of carboxylic acid groups (broad SMARTS) is 1. The van der Waals surface area contributed by atoms with Crippen molar-refractivity contribution in [3.8, 4) is 0 Å². The van der Waals surface area contributed by atoms with Crippen LogP contribution in [-0.2, 0) is 19.0 Å². The highest BCUT2D eigenvalue weighted by Gasteiger charge is 2.27. The molecule has 0 saturated carbocycles. The molecule has 2 N–H and O–H groups in total. The van der Waals surface area contributed by atoms with Crippen LogP contribution in [0.2, 0.25) is 0 Å². The molecule has 7 heteroatoms. The van der Waals surface area contributed by atoms with Crippen LogP contribution in [0.4, 0.5) is 4.79 Å². The fourth-order valence-electron chi connectivity index (χ4n) is 1.60. The predicted molar refractivity (Wildman–Crippen MR) is 72.5 cm³/mol. The lowest BCUT2D eigenvalue weighted by Gasteiger charge is -2.27. The van der Waals surface area contributed by atoms with E-state index in [9.17, 15) is 9.59 Å². The van der Waals surface area contributed by atoms with Gasteiger partial charge in [-0.1, -0.05) is 6.92 Å². The molecule has 1 amide bonds. The third-order valence-electron chi connectivity index (χ3n) is 2.35. The summed E-state index contributed by atoms with van der Waals surface area (Å²) in [6, 6.07) is -0.678. The maximum atomic E-state index is 11.7. The number of hydrogen-bond donors (Lipinski definition) is 2. The van der Waals surface area contributed by atoms with Gasteiger partial charge in [0.05, 0.1) is 18.6 Å². The molecule has 0 aliphatic carbocycles.